The standard InChI is InChI=1S/C56H40N2O/c1-3-12-51-43(4-2)48-17-10-18-49-55-46(16-11-19-52(55)58(51)56(48)49)37-23-28-44-38(31-37)32-39-33-41(26-29-45(39)44)57(40-24-21-36(22-25-40)35-13-6-5-7-14-35)42-27-30-54-50(34-42)47-15-8-9-20-53(47)59-54/h3-22,24-27,29-31,33-34H,2,23,28,32H2,1H3/b12-3-. The van der Waals surface area contributed by atoms with Crippen LogP contribution in [0.25, 0.3) is 83.6 Å². The summed E-state index contributed by atoms with van der Waals surface area (Å²) in [7, 11) is 0. The maximum Gasteiger partial charge on any atom is 0.135 e. The molecule has 280 valence electrons. The highest BCUT2D eigenvalue weighted by Gasteiger charge is 2.28. The first kappa shape index (κ1) is 33.7. The van der Waals surface area contributed by atoms with Crippen molar-refractivity contribution in [3.05, 3.63) is 204 Å². The molecule has 3 aromatic heterocycles. The van der Waals surface area contributed by atoms with Gasteiger partial charge in [-0.15, -0.1) is 0 Å². The average molecular weight is 757 g/mol. The third-order valence-corrected chi connectivity index (χ3v) is 12.8. The van der Waals surface area contributed by atoms with E-state index < -0.39 is 0 Å². The Morgan fingerprint density at radius 3 is 2.22 bits per heavy atom. The molecule has 0 amide bonds. The molecular formula is C56H40N2O. The number of hydrogen-bond donors (Lipinski definition) is 0. The van der Waals surface area contributed by atoms with E-state index in [0.717, 1.165) is 58.3 Å². The highest BCUT2D eigenvalue weighted by Crippen LogP contribution is 2.48. The van der Waals surface area contributed by atoms with Gasteiger partial charge in [0, 0.05) is 49.6 Å². The summed E-state index contributed by atoms with van der Waals surface area (Å²) in [5.41, 5.74) is 21.0. The first-order valence-electron chi connectivity index (χ1n) is 20.7. The third kappa shape index (κ3) is 5.08. The normalized spacial score (nSPS) is 14.0. The maximum absolute atomic E-state index is 6.26. The number of aromatic nitrogens is 1. The highest BCUT2D eigenvalue weighted by molar-refractivity contribution is 6.20. The van der Waals surface area contributed by atoms with Gasteiger partial charge in [0.25, 0.3) is 0 Å². The van der Waals surface area contributed by atoms with Gasteiger partial charge in [-0.3, -0.25) is 0 Å². The van der Waals surface area contributed by atoms with Crippen LogP contribution in [0.5, 0.6) is 0 Å². The second-order valence-corrected chi connectivity index (χ2v) is 16.0. The first-order chi connectivity index (χ1) is 29.2. The van der Waals surface area contributed by atoms with Crippen LogP contribution < -0.4 is 4.90 Å². The quantitative estimate of drug-likeness (QED) is 0.161. The number of benzene rings is 7. The van der Waals surface area contributed by atoms with Crippen LogP contribution in [0.3, 0.4) is 0 Å². The summed E-state index contributed by atoms with van der Waals surface area (Å²) in [4.78, 5) is 2.40. The lowest BCUT2D eigenvalue weighted by atomic mass is 9.87. The van der Waals surface area contributed by atoms with Crippen molar-refractivity contribution in [2.75, 3.05) is 4.90 Å². The number of rotatable bonds is 7. The van der Waals surface area contributed by atoms with Crippen molar-refractivity contribution in [3.63, 3.8) is 0 Å². The highest BCUT2D eigenvalue weighted by atomic mass is 16.3. The zero-order valence-electron chi connectivity index (χ0n) is 32.9. The molecule has 7 aromatic carbocycles. The molecule has 59 heavy (non-hydrogen) atoms. The molecule has 12 rings (SSSR count). The lowest BCUT2D eigenvalue weighted by Gasteiger charge is -2.26. The summed E-state index contributed by atoms with van der Waals surface area (Å²) in [6.45, 7) is 6.29. The predicted molar refractivity (Wildman–Crippen MR) is 250 cm³/mol. The predicted octanol–water partition coefficient (Wildman–Crippen LogP) is 15.6. The van der Waals surface area contributed by atoms with Crippen LogP contribution in [0.15, 0.2) is 180 Å². The van der Waals surface area contributed by atoms with E-state index in [0.29, 0.717) is 0 Å². The second-order valence-electron chi connectivity index (χ2n) is 16.0. The Morgan fingerprint density at radius 2 is 1.36 bits per heavy atom. The van der Waals surface area contributed by atoms with Gasteiger partial charge in [0.2, 0.25) is 0 Å². The van der Waals surface area contributed by atoms with Gasteiger partial charge in [0.05, 0.1) is 16.7 Å². The van der Waals surface area contributed by atoms with Gasteiger partial charge in [0.1, 0.15) is 11.2 Å². The van der Waals surface area contributed by atoms with Crippen molar-refractivity contribution in [1.82, 2.24) is 4.40 Å². The Hall–Kier alpha value is -7.36. The van der Waals surface area contributed by atoms with Crippen molar-refractivity contribution in [3.8, 4) is 11.1 Å². The zero-order chi connectivity index (χ0) is 39.2. The fourth-order valence-corrected chi connectivity index (χ4v) is 10.2. The largest absolute Gasteiger partial charge is 0.456 e. The molecule has 0 radical (unpaired) electrons. The molecule has 0 aliphatic heterocycles. The molecule has 3 heteroatoms. The monoisotopic (exact) mass is 756 g/mol. The topological polar surface area (TPSA) is 20.8 Å². The number of fused-ring (bicyclic) bond motifs is 8. The fourth-order valence-electron chi connectivity index (χ4n) is 10.2. The maximum atomic E-state index is 6.26. The number of allylic oxidation sites excluding steroid dienone is 5. The molecule has 0 unspecified atom stereocenters. The molecule has 0 atom stereocenters. The minimum atomic E-state index is 0.900. The Balaban J connectivity index is 0.946. The minimum Gasteiger partial charge on any atom is -0.456 e. The third-order valence-electron chi connectivity index (χ3n) is 12.8. The van der Waals surface area contributed by atoms with Crippen molar-refractivity contribution in [2.24, 2.45) is 0 Å². The molecule has 2 aliphatic rings. The molecule has 3 nitrogen and oxygen atoms in total. The molecule has 0 fully saturated rings. The van der Waals surface area contributed by atoms with Crippen LogP contribution >= 0.6 is 0 Å². The summed E-state index contributed by atoms with van der Waals surface area (Å²) in [6.07, 6.45) is 11.9. The van der Waals surface area contributed by atoms with Gasteiger partial charge in [-0.05, 0) is 131 Å². The SMILES string of the molecule is C=Cc1c(/C=C\C)n2c3cccc(C4=CC5=C(CC4)c4ccc(N(c6ccc(-c7ccccc7)cc6)c6ccc7oc8ccccc8c7c6)cc4C5)c3c3cccc1c32. The Labute approximate surface area is 343 Å². The molecule has 2 aliphatic carbocycles. The van der Waals surface area contributed by atoms with Gasteiger partial charge in [-0.2, -0.15) is 0 Å². The van der Waals surface area contributed by atoms with E-state index in [1.807, 2.05) is 18.2 Å². The van der Waals surface area contributed by atoms with E-state index >= 15 is 0 Å². The Morgan fingerprint density at radius 1 is 0.627 bits per heavy atom. The molecule has 0 saturated carbocycles. The number of anilines is 3. The molecule has 3 heterocycles. The van der Waals surface area contributed by atoms with E-state index in [4.69, 9.17) is 4.42 Å². The Kier molecular flexibility index (Phi) is 7.49. The zero-order valence-corrected chi connectivity index (χ0v) is 32.9. The van der Waals surface area contributed by atoms with E-state index in [-0.39, 0.29) is 0 Å². The van der Waals surface area contributed by atoms with E-state index in [1.165, 1.54) is 83.0 Å². The van der Waals surface area contributed by atoms with Crippen LogP contribution in [0, 0.1) is 0 Å². The van der Waals surface area contributed by atoms with Crippen LogP contribution in [0.1, 0.15) is 47.7 Å². The smallest absolute Gasteiger partial charge is 0.135 e. The van der Waals surface area contributed by atoms with Gasteiger partial charge in [0.15, 0.2) is 0 Å². The first-order valence-corrected chi connectivity index (χ1v) is 20.7. The summed E-state index contributed by atoms with van der Waals surface area (Å²) < 4.78 is 8.71. The van der Waals surface area contributed by atoms with Crippen molar-refractivity contribution < 1.29 is 4.42 Å². The molecule has 0 saturated heterocycles. The van der Waals surface area contributed by atoms with Crippen LogP contribution in [-0.4, -0.2) is 4.40 Å². The van der Waals surface area contributed by atoms with Crippen LogP contribution in [-0.2, 0) is 6.42 Å². The molecular weight excluding hydrogens is 717 g/mol. The summed E-state index contributed by atoms with van der Waals surface area (Å²) in [6, 6.07) is 55.2. The number of para-hydroxylation sites is 2. The fraction of sp³-hybridized carbons (Fsp3) is 0.0714. The summed E-state index contributed by atoms with van der Waals surface area (Å²) in [5.74, 6) is 0. The number of furan rings is 1. The van der Waals surface area contributed by atoms with Gasteiger partial charge in [-0.1, -0.05) is 122 Å². The minimum absolute atomic E-state index is 0.900. The summed E-state index contributed by atoms with van der Waals surface area (Å²) in [5, 5.41) is 6.17. The van der Waals surface area contributed by atoms with E-state index in [2.05, 4.69) is 181 Å². The second kappa shape index (κ2) is 13.1. The van der Waals surface area contributed by atoms with Gasteiger partial charge in [-0.25, -0.2) is 0 Å². The van der Waals surface area contributed by atoms with Crippen LogP contribution in [0.2, 0.25) is 0 Å². The number of hydrogen-bond acceptors (Lipinski definition) is 2. The van der Waals surface area contributed by atoms with Gasteiger partial charge >= 0.3 is 0 Å². The van der Waals surface area contributed by atoms with E-state index in [1.54, 1.807) is 0 Å². The van der Waals surface area contributed by atoms with Crippen molar-refractivity contribution in [2.45, 2.75) is 26.2 Å². The summed E-state index contributed by atoms with van der Waals surface area (Å²) >= 11 is 0. The van der Waals surface area contributed by atoms with Crippen molar-refractivity contribution >= 4 is 89.5 Å². The lowest BCUT2D eigenvalue weighted by molar-refractivity contribution is 0.669. The molecule has 10 aromatic rings. The Bertz CT molecular complexity index is 3420. The number of nitrogens with zero attached hydrogens (tertiary/aromatic N) is 2. The van der Waals surface area contributed by atoms with Crippen LogP contribution in [0.4, 0.5) is 17.1 Å². The lowest BCUT2D eigenvalue weighted by Crippen LogP contribution is -2.10. The molecule has 0 spiro atoms. The van der Waals surface area contributed by atoms with Gasteiger partial charge < -0.3 is 13.7 Å². The average Bonchev–Trinajstić information content (AvgIpc) is 4.03. The van der Waals surface area contributed by atoms with E-state index in [9.17, 15) is 0 Å². The van der Waals surface area contributed by atoms with Crippen molar-refractivity contribution in [1.29, 1.82) is 0 Å². The molecule has 0 N–H and O–H groups in total. The molecule has 0 bridgehead atoms.